The number of carbonyl (C=O) groups is 2. The number of nitrogens with one attached hydrogen (secondary N) is 1. The van der Waals surface area contributed by atoms with E-state index in [-0.39, 0.29) is 24.1 Å². The molecule has 2 heterocycles. The fraction of sp³-hybridized carbons (Fsp3) is 0.667. The number of carbonyl (C=O) groups excluding carboxylic acids is 1. The van der Waals surface area contributed by atoms with E-state index in [9.17, 15) is 9.59 Å². The molecule has 1 fully saturated rings. The molecule has 1 atom stereocenters. The number of piperazine rings is 1. The number of aryl methyl sites for hydroxylation is 1. The fourth-order valence-corrected chi connectivity index (χ4v) is 2.17. The van der Waals surface area contributed by atoms with Crippen molar-refractivity contribution in [1.29, 1.82) is 0 Å². The van der Waals surface area contributed by atoms with Gasteiger partial charge in [0.05, 0.1) is 19.3 Å². The van der Waals surface area contributed by atoms with Crippen LogP contribution >= 0.6 is 12.4 Å². The maximum Gasteiger partial charge on any atom is 0.407 e. The van der Waals surface area contributed by atoms with Gasteiger partial charge in [-0.25, -0.2) is 9.59 Å². The lowest BCUT2D eigenvalue weighted by Gasteiger charge is -2.31. The van der Waals surface area contributed by atoms with Crippen LogP contribution in [0.2, 0.25) is 0 Å². The number of rotatable bonds is 5. The maximum absolute atomic E-state index is 11.5. The molecule has 10 heteroatoms. The van der Waals surface area contributed by atoms with Crippen molar-refractivity contribution in [3.8, 4) is 0 Å². The van der Waals surface area contributed by atoms with Crippen molar-refractivity contribution in [2.75, 3.05) is 26.2 Å². The van der Waals surface area contributed by atoms with Crippen LogP contribution in [0.3, 0.4) is 0 Å². The normalized spacial score (nSPS) is 17.7. The average molecular weight is 334 g/mol. The number of hydrogen-bond acceptors (Lipinski definition) is 6. The molecule has 1 saturated heterocycles. The van der Waals surface area contributed by atoms with Gasteiger partial charge in [-0.3, -0.25) is 0 Å². The maximum atomic E-state index is 11.5. The lowest BCUT2D eigenvalue weighted by Crippen LogP contribution is -2.52. The first-order valence-corrected chi connectivity index (χ1v) is 6.88. The molecule has 0 radical (unpaired) electrons. The second kappa shape index (κ2) is 8.54. The standard InChI is InChI=1S/C12H19N5O4.ClH/c1-2-21-11(18)10-7-14-17(15-10)5-3-9-8-16(12(19)20)6-4-13-9;/h7,9,13H,2-6,8H2,1H3,(H,19,20);1H/t9-;/m1./s1. The molecule has 9 nitrogen and oxygen atoms in total. The molecule has 124 valence electrons. The van der Waals surface area contributed by atoms with Gasteiger partial charge in [-0.15, -0.1) is 17.5 Å². The summed E-state index contributed by atoms with van der Waals surface area (Å²) in [5.41, 5.74) is 0.181. The van der Waals surface area contributed by atoms with Crippen LogP contribution in [-0.2, 0) is 11.3 Å². The first-order chi connectivity index (χ1) is 10.1. The first-order valence-electron chi connectivity index (χ1n) is 6.88. The summed E-state index contributed by atoms with van der Waals surface area (Å²) in [6, 6.07) is 0.0619. The molecule has 0 spiro atoms. The van der Waals surface area contributed by atoms with Crippen molar-refractivity contribution in [2.45, 2.75) is 25.9 Å². The number of nitrogens with zero attached hydrogens (tertiary/aromatic N) is 4. The summed E-state index contributed by atoms with van der Waals surface area (Å²) in [5.74, 6) is -0.489. The fourth-order valence-electron chi connectivity index (χ4n) is 2.17. The second-order valence-corrected chi connectivity index (χ2v) is 4.71. The summed E-state index contributed by atoms with van der Waals surface area (Å²) < 4.78 is 4.84. The molecule has 0 unspecified atom stereocenters. The van der Waals surface area contributed by atoms with Crippen molar-refractivity contribution in [3.05, 3.63) is 11.9 Å². The smallest absolute Gasteiger partial charge is 0.407 e. The van der Waals surface area contributed by atoms with Crippen LogP contribution in [0.25, 0.3) is 0 Å². The number of hydrogen-bond donors (Lipinski definition) is 2. The Kier molecular flexibility index (Phi) is 7.06. The van der Waals surface area contributed by atoms with E-state index in [0.29, 0.717) is 39.2 Å². The molecule has 0 aliphatic carbocycles. The van der Waals surface area contributed by atoms with E-state index in [2.05, 4.69) is 15.5 Å². The third kappa shape index (κ3) is 4.85. The van der Waals surface area contributed by atoms with Crippen LogP contribution in [-0.4, -0.2) is 69.3 Å². The predicted octanol–water partition coefficient (Wildman–Crippen LogP) is 0.218. The molecular formula is C12H20ClN5O4. The highest BCUT2D eigenvalue weighted by Gasteiger charge is 2.22. The number of ether oxygens (including phenoxy) is 1. The van der Waals surface area contributed by atoms with E-state index < -0.39 is 12.1 Å². The number of esters is 1. The van der Waals surface area contributed by atoms with E-state index in [1.54, 1.807) is 6.92 Å². The Bertz CT molecular complexity index is 509. The Balaban J connectivity index is 0.00000242. The Labute approximate surface area is 134 Å². The highest BCUT2D eigenvalue weighted by atomic mass is 35.5. The highest BCUT2D eigenvalue weighted by molar-refractivity contribution is 5.86. The Morgan fingerprint density at radius 2 is 2.32 bits per heavy atom. The number of halogens is 1. The minimum atomic E-state index is -0.900. The van der Waals surface area contributed by atoms with Gasteiger partial charge in [0.25, 0.3) is 0 Å². The molecular weight excluding hydrogens is 314 g/mol. The lowest BCUT2D eigenvalue weighted by molar-refractivity contribution is 0.0518. The van der Waals surface area contributed by atoms with Gasteiger partial charge in [-0.2, -0.15) is 9.90 Å². The predicted molar refractivity (Wildman–Crippen MR) is 79.2 cm³/mol. The van der Waals surface area contributed by atoms with Gasteiger partial charge in [0.2, 0.25) is 0 Å². The van der Waals surface area contributed by atoms with Crippen LogP contribution < -0.4 is 5.32 Å². The molecule has 0 saturated carbocycles. The summed E-state index contributed by atoms with van der Waals surface area (Å²) >= 11 is 0. The van der Waals surface area contributed by atoms with Gasteiger partial charge < -0.3 is 20.1 Å². The topological polar surface area (TPSA) is 110 Å². The Morgan fingerprint density at radius 1 is 1.55 bits per heavy atom. The Hall–Kier alpha value is -1.87. The van der Waals surface area contributed by atoms with Crippen LogP contribution in [0.4, 0.5) is 4.79 Å². The van der Waals surface area contributed by atoms with E-state index >= 15 is 0 Å². The molecule has 1 amide bonds. The quantitative estimate of drug-likeness (QED) is 0.741. The van der Waals surface area contributed by atoms with Gasteiger partial charge in [-0.05, 0) is 13.3 Å². The SMILES string of the molecule is CCOC(=O)c1cnn(CC[C@@H]2CN(C(=O)O)CCN2)n1.Cl. The zero-order valence-corrected chi connectivity index (χ0v) is 13.1. The van der Waals surface area contributed by atoms with Crippen LogP contribution in [0.15, 0.2) is 6.20 Å². The average Bonchev–Trinajstić information content (AvgIpc) is 2.95. The van der Waals surface area contributed by atoms with Crippen molar-refractivity contribution >= 4 is 24.5 Å². The molecule has 0 aromatic carbocycles. The Morgan fingerprint density at radius 3 is 3.00 bits per heavy atom. The molecule has 1 aliphatic rings. The van der Waals surface area contributed by atoms with Gasteiger partial charge in [0.1, 0.15) is 0 Å². The number of amides is 1. The first kappa shape index (κ1) is 18.2. The third-order valence-corrected chi connectivity index (χ3v) is 3.22. The summed E-state index contributed by atoms with van der Waals surface area (Å²) in [4.78, 5) is 25.2. The van der Waals surface area contributed by atoms with Gasteiger partial charge >= 0.3 is 12.1 Å². The molecule has 22 heavy (non-hydrogen) atoms. The minimum absolute atomic E-state index is 0. The molecule has 1 aromatic rings. The zero-order valence-electron chi connectivity index (χ0n) is 12.3. The van der Waals surface area contributed by atoms with Crippen molar-refractivity contribution in [1.82, 2.24) is 25.2 Å². The minimum Gasteiger partial charge on any atom is -0.465 e. The van der Waals surface area contributed by atoms with Crippen molar-refractivity contribution in [2.24, 2.45) is 0 Å². The monoisotopic (exact) mass is 333 g/mol. The van der Waals surface area contributed by atoms with E-state index in [1.165, 1.54) is 15.9 Å². The summed E-state index contributed by atoms with van der Waals surface area (Å²) in [6.45, 7) is 4.11. The largest absolute Gasteiger partial charge is 0.465 e. The summed E-state index contributed by atoms with van der Waals surface area (Å²) in [6.07, 6.45) is 1.15. The van der Waals surface area contributed by atoms with Crippen LogP contribution in [0.5, 0.6) is 0 Å². The van der Waals surface area contributed by atoms with Crippen LogP contribution in [0.1, 0.15) is 23.8 Å². The summed E-state index contributed by atoms with van der Waals surface area (Å²) in [7, 11) is 0. The molecule has 0 bridgehead atoms. The van der Waals surface area contributed by atoms with E-state index in [4.69, 9.17) is 9.84 Å². The van der Waals surface area contributed by atoms with Crippen molar-refractivity contribution in [3.63, 3.8) is 0 Å². The highest BCUT2D eigenvalue weighted by Crippen LogP contribution is 2.05. The van der Waals surface area contributed by atoms with Gasteiger partial charge in [0, 0.05) is 25.7 Å². The van der Waals surface area contributed by atoms with Crippen LogP contribution in [0, 0.1) is 0 Å². The third-order valence-electron chi connectivity index (χ3n) is 3.22. The zero-order chi connectivity index (χ0) is 15.2. The number of carboxylic acid groups (broad SMARTS) is 1. The van der Waals surface area contributed by atoms with E-state index in [1.807, 2.05) is 0 Å². The van der Waals surface area contributed by atoms with E-state index in [0.717, 1.165) is 0 Å². The molecule has 1 aliphatic heterocycles. The van der Waals surface area contributed by atoms with Gasteiger partial charge in [0.15, 0.2) is 5.69 Å². The lowest BCUT2D eigenvalue weighted by atomic mass is 10.1. The molecule has 2 rings (SSSR count). The summed E-state index contributed by atoms with van der Waals surface area (Å²) in [5, 5.41) is 20.3. The number of aromatic nitrogens is 3. The second-order valence-electron chi connectivity index (χ2n) is 4.71. The molecule has 1 aromatic heterocycles. The van der Waals surface area contributed by atoms with Crippen molar-refractivity contribution < 1.29 is 19.4 Å². The molecule has 2 N–H and O–H groups in total. The van der Waals surface area contributed by atoms with Gasteiger partial charge in [-0.1, -0.05) is 0 Å².